The summed E-state index contributed by atoms with van der Waals surface area (Å²) in [5.74, 6) is -0.768. The average molecular weight is 498 g/mol. The molecule has 186 valence electrons. The van der Waals surface area contributed by atoms with Crippen molar-refractivity contribution in [1.82, 2.24) is 15.1 Å². The quantitative estimate of drug-likeness (QED) is 0.663. The van der Waals surface area contributed by atoms with E-state index in [1.54, 1.807) is 29.2 Å². The molecule has 35 heavy (non-hydrogen) atoms. The van der Waals surface area contributed by atoms with E-state index in [4.69, 9.17) is 11.6 Å². The molecule has 2 atom stereocenters. The third kappa shape index (κ3) is 4.55. The minimum Gasteiger partial charge on any atom is -0.384 e. The van der Waals surface area contributed by atoms with Gasteiger partial charge in [0.25, 0.3) is 5.91 Å². The number of carbonyl (C=O) groups is 3. The van der Waals surface area contributed by atoms with Crippen LogP contribution in [-0.2, 0) is 16.9 Å². The van der Waals surface area contributed by atoms with Gasteiger partial charge in [0.05, 0.1) is 12.1 Å². The number of hydrogen-bond acceptors (Lipinski definition) is 4. The Bertz CT molecular complexity index is 1150. The number of carbonyl (C=O) groups excluding carboxylic acids is 3. The monoisotopic (exact) mass is 497 g/mol. The Morgan fingerprint density at radius 3 is 2.34 bits per heavy atom. The maximum Gasteiger partial charge on any atom is 0.325 e. The average Bonchev–Trinajstić information content (AvgIpc) is 3.15. The molecule has 0 spiro atoms. The molecule has 2 aromatic rings. The molecule has 2 heterocycles. The number of nitrogens with one attached hydrogen (secondary N) is 1. The Labute approximate surface area is 211 Å². The smallest absolute Gasteiger partial charge is 0.325 e. The number of halogens is 1. The second-order valence-electron chi connectivity index (χ2n) is 10.5. The number of nitrogens with zero attached hydrogens (tertiary/aromatic N) is 2. The van der Waals surface area contributed by atoms with E-state index in [0.717, 1.165) is 16.0 Å². The lowest BCUT2D eigenvalue weighted by Crippen LogP contribution is -2.61. The minimum absolute atomic E-state index is 0.185. The van der Waals surface area contributed by atoms with Crippen molar-refractivity contribution in [1.29, 1.82) is 0 Å². The van der Waals surface area contributed by atoms with Crippen LogP contribution in [0.1, 0.15) is 55.6 Å². The van der Waals surface area contributed by atoms with Crippen LogP contribution < -0.4 is 5.32 Å². The van der Waals surface area contributed by atoms with E-state index in [1.165, 1.54) is 0 Å². The van der Waals surface area contributed by atoms with E-state index in [1.807, 2.05) is 52.0 Å². The van der Waals surface area contributed by atoms with E-state index in [2.05, 4.69) is 5.32 Å². The summed E-state index contributed by atoms with van der Waals surface area (Å²) in [4.78, 5) is 42.2. The predicted octanol–water partition coefficient (Wildman–Crippen LogP) is 4.18. The number of imide groups is 1. The maximum atomic E-state index is 13.6. The molecule has 2 aliphatic heterocycles. The first-order valence-corrected chi connectivity index (χ1v) is 12.3. The van der Waals surface area contributed by atoms with Crippen LogP contribution in [0.4, 0.5) is 4.79 Å². The van der Waals surface area contributed by atoms with Gasteiger partial charge in [-0.2, -0.15) is 0 Å². The summed E-state index contributed by atoms with van der Waals surface area (Å²) in [5, 5.41) is 15.0. The molecule has 2 aromatic carbocycles. The van der Waals surface area contributed by atoms with E-state index in [0.29, 0.717) is 30.1 Å². The van der Waals surface area contributed by atoms with Crippen molar-refractivity contribution in [2.24, 2.45) is 11.3 Å². The van der Waals surface area contributed by atoms with Crippen LogP contribution in [-0.4, -0.2) is 51.9 Å². The molecule has 4 amide bonds. The molecule has 2 N–H and O–H groups in total. The zero-order valence-corrected chi connectivity index (χ0v) is 21.3. The standard InChI is InChI=1S/C27H32ClN3O4/c1-17(2)22(29-25(34)31-15-18-7-5-6-8-21(18)23(31)32)24(33)30-14-13-27(35,26(3,4)16-30)19-9-11-20(28)12-10-19/h5-12,17,22,35H,13-16H2,1-4H3,(H,29,34)/t22-,27+/m1/s1. The number of likely N-dealkylation sites (tertiary alicyclic amines) is 1. The van der Waals surface area contributed by atoms with Crippen LogP contribution in [0.25, 0.3) is 0 Å². The predicted molar refractivity (Wildman–Crippen MR) is 134 cm³/mol. The van der Waals surface area contributed by atoms with Gasteiger partial charge in [0, 0.05) is 29.1 Å². The van der Waals surface area contributed by atoms with Crippen molar-refractivity contribution in [3.8, 4) is 0 Å². The van der Waals surface area contributed by atoms with Crippen molar-refractivity contribution in [3.63, 3.8) is 0 Å². The molecule has 0 saturated carbocycles. The highest BCUT2D eigenvalue weighted by molar-refractivity contribution is 6.30. The number of piperidine rings is 1. The van der Waals surface area contributed by atoms with E-state index >= 15 is 0 Å². The molecule has 0 aromatic heterocycles. The fourth-order valence-electron chi connectivity index (χ4n) is 5.11. The Morgan fingerprint density at radius 1 is 1.09 bits per heavy atom. The van der Waals surface area contributed by atoms with E-state index < -0.39 is 23.1 Å². The molecule has 1 fully saturated rings. The second kappa shape index (κ2) is 9.28. The van der Waals surface area contributed by atoms with Gasteiger partial charge in [-0.3, -0.25) is 14.5 Å². The second-order valence-corrected chi connectivity index (χ2v) is 10.9. The molecule has 0 radical (unpaired) electrons. The number of hydrogen-bond donors (Lipinski definition) is 2. The fourth-order valence-corrected chi connectivity index (χ4v) is 5.24. The summed E-state index contributed by atoms with van der Waals surface area (Å²) in [6.07, 6.45) is 0.353. The summed E-state index contributed by atoms with van der Waals surface area (Å²) in [6, 6.07) is 12.9. The van der Waals surface area contributed by atoms with Crippen molar-refractivity contribution >= 4 is 29.4 Å². The third-order valence-corrected chi connectivity index (χ3v) is 7.61. The van der Waals surface area contributed by atoms with Crippen LogP contribution in [0.2, 0.25) is 5.02 Å². The first-order chi connectivity index (χ1) is 16.4. The summed E-state index contributed by atoms with van der Waals surface area (Å²) in [5.41, 5.74) is 0.291. The molecular formula is C27H32ClN3O4. The Morgan fingerprint density at radius 2 is 1.74 bits per heavy atom. The molecule has 0 bridgehead atoms. The van der Waals surface area contributed by atoms with Crippen LogP contribution in [0, 0.1) is 11.3 Å². The van der Waals surface area contributed by atoms with Gasteiger partial charge in [-0.25, -0.2) is 4.79 Å². The Hall–Kier alpha value is -2.90. The lowest BCUT2D eigenvalue weighted by Gasteiger charge is -2.51. The number of fused-ring (bicyclic) bond motifs is 1. The van der Waals surface area contributed by atoms with Gasteiger partial charge in [0.1, 0.15) is 6.04 Å². The number of rotatable bonds is 4. The molecular weight excluding hydrogens is 466 g/mol. The fraction of sp³-hybridized carbons (Fsp3) is 0.444. The van der Waals surface area contributed by atoms with Gasteiger partial charge in [0.15, 0.2) is 0 Å². The number of benzene rings is 2. The Balaban J connectivity index is 1.48. The van der Waals surface area contributed by atoms with Crippen LogP contribution in [0.15, 0.2) is 48.5 Å². The summed E-state index contributed by atoms with van der Waals surface area (Å²) < 4.78 is 0. The SMILES string of the molecule is CC(C)[C@@H](NC(=O)N1Cc2ccccc2C1=O)C(=O)N1CC[C@](O)(c2ccc(Cl)cc2)C(C)(C)C1. The van der Waals surface area contributed by atoms with Crippen LogP contribution >= 0.6 is 11.6 Å². The lowest BCUT2D eigenvalue weighted by atomic mass is 9.66. The van der Waals surface area contributed by atoms with Crippen molar-refractivity contribution < 1.29 is 19.5 Å². The minimum atomic E-state index is -1.13. The summed E-state index contributed by atoms with van der Waals surface area (Å²) >= 11 is 6.03. The first kappa shape index (κ1) is 25.2. The first-order valence-electron chi connectivity index (χ1n) is 11.9. The molecule has 0 unspecified atom stereocenters. The summed E-state index contributed by atoms with van der Waals surface area (Å²) in [7, 11) is 0. The number of aliphatic hydroxyl groups is 1. The highest BCUT2D eigenvalue weighted by Gasteiger charge is 2.50. The van der Waals surface area contributed by atoms with Gasteiger partial charge >= 0.3 is 6.03 Å². The number of amides is 4. The Kier molecular flexibility index (Phi) is 6.68. The van der Waals surface area contributed by atoms with E-state index in [-0.39, 0.29) is 24.3 Å². The summed E-state index contributed by atoms with van der Waals surface area (Å²) in [6.45, 7) is 8.44. The van der Waals surface area contributed by atoms with Gasteiger partial charge in [0.2, 0.25) is 5.91 Å². The molecule has 1 saturated heterocycles. The third-order valence-electron chi connectivity index (χ3n) is 7.36. The van der Waals surface area contributed by atoms with Crippen LogP contribution in [0.3, 0.4) is 0 Å². The zero-order valence-electron chi connectivity index (χ0n) is 20.5. The highest BCUT2D eigenvalue weighted by Crippen LogP contribution is 2.46. The van der Waals surface area contributed by atoms with Crippen molar-refractivity contribution in [2.45, 2.75) is 52.3 Å². The van der Waals surface area contributed by atoms with E-state index in [9.17, 15) is 19.5 Å². The topological polar surface area (TPSA) is 90.0 Å². The van der Waals surface area contributed by atoms with Crippen molar-refractivity contribution in [2.75, 3.05) is 13.1 Å². The van der Waals surface area contributed by atoms with Gasteiger partial charge in [-0.15, -0.1) is 0 Å². The molecule has 7 nitrogen and oxygen atoms in total. The molecule has 4 rings (SSSR count). The van der Waals surface area contributed by atoms with Gasteiger partial charge in [-0.05, 0) is 41.7 Å². The molecule has 8 heteroatoms. The normalized spacial score (nSPS) is 22.2. The zero-order chi connectivity index (χ0) is 25.5. The molecule has 2 aliphatic rings. The largest absolute Gasteiger partial charge is 0.384 e. The maximum absolute atomic E-state index is 13.6. The van der Waals surface area contributed by atoms with Crippen LogP contribution in [0.5, 0.6) is 0 Å². The highest BCUT2D eigenvalue weighted by atomic mass is 35.5. The lowest BCUT2D eigenvalue weighted by molar-refractivity contribution is -0.155. The van der Waals surface area contributed by atoms with Crippen molar-refractivity contribution in [3.05, 3.63) is 70.2 Å². The van der Waals surface area contributed by atoms with Gasteiger partial charge < -0.3 is 15.3 Å². The molecule has 0 aliphatic carbocycles. The number of urea groups is 1. The van der Waals surface area contributed by atoms with Gasteiger partial charge in [-0.1, -0.05) is 69.6 Å².